The smallest absolute Gasteiger partial charge is 0.310 e. The Morgan fingerprint density at radius 3 is 2.86 bits per heavy atom. The number of carbonyl (C=O) groups is 1. The highest BCUT2D eigenvalue weighted by Gasteiger charge is 2.54. The van der Waals surface area contributed by atoms with Crippen LogP contribution in [0.1, 0.15) is 31.1 Å². The quantitative estimate of drug-likeness (QED) is 0.742. The van der Waals surface area contributed by atoms with E-state index in [1.54, 1.807) is 6.07 Å². The molecule has 1 aromatic carbocycles. The van der Waals surface area contributed by atoms with Gasteiger partial charge in [-0.3, -0.25) is 4.79 Å². The highest BCUT2D eigenvalue weighted by molar-refractivity contribution is 6.30. The lowest BCUT2D eigenvalue weighted by Crippen LogP contribution is -2.38. The third-order valence-electron chi connectivity index (χ3n) is 4.30. The summed E-state index contributed by atoms with van der Waals surface area (Å²) in [5.41, 5.74) is 1.82. The molecular weight excluding hydrogens is 308 g/mol. The van der Waals surface area contributed by atoms with E-state index in [1.165, 1.54) is 0 Å². The molecule has 4 unspecified atom stereocenters. The second kappa shape index (κ2) is 4.93. The van der Waals surface area contributed by atoms with Crippen molar-refractivity contribution in [2.24, 2.45) is 0 Å². The van der Waals surface area contributed by atoms with Gasteiger partial charge in [0, 0.05) is 5.02 Å². The molecule has 0 saturated carbocycles. The van der Waals surface area contributed by atoms with Crippen LogP contribution in [0.25, 0.3) is 0 Å². The fourth-order valence-electron chi connectivity index (χ4n) is 3.48. The van der Waals surface area contributed by atoms with E-state index in [-0.39, 0.29) is 30.7 Å². The molecule has 0 spiro atoms. The molecule has 3 aliphatic rings. The predicted molar refractivity (Wildman–Crippen MR) is 77.6 cm³/mol. The first-order valence-electron chi connectivity index (χ1n) is 7.38. The van der Waals surface area contributed by atoms with Crippen molar-refractivity contribution in [3.05, 3.63) is 34.3 Å². The molecule has 0 amide bonds. The van der Waals surface area contributed by atoms with Crippen molar-refractivity contribution < 1.29 is 23.7 Å². The van der Waals surface area contributed by atoms with Crippen LogP contribution in [0.4, 0.5) is 0 Å². The fraction of sp³-hybridized carbons (Fsp3) is 0.562. The summed E-state index contributed by atoms with van der Waals surface area (Å²) in [4.78, 5) is 11.9. The lowest BCUT2D eigenvalue weighted by Gasteiger charge is -2.32. The Bertz CT molecular complexity index is 629. The standard InChI is InChI=1S/C16H17ClO5/c1-16(2)21-11-7-19-15(14(11)22-16)13-10-4-3-9(17)5-8(10)6-12(18)20-13/h3-5,11,13-15H,6-7H2,1-2H3. The Morgan fingerprint density at radius 1 is 1.23 bits per heavy atom. The fourth-order valence-corrected chi connectivity index (χ4v) is 3.68. The molecule has 3 heterocycles. The van der Waals surface area contributed by atoms with Gasteiger partial charge in [0.1, 0.15) is 18.3 Å². The maximum absolute atomic E-state index is 11.9. The average molecular weight is 325 g/mol. The second-order valence-corrected chi connectivity index (χ2v) is 6.80. The van der Waals surface area contributed by atoms with Crippen LogP contribution in [0.15, 0.2) is 18.2 Å². The lowest BCUT2D eigenvalue weighted by molar-refractivity contribution is -0.192. The first kappa shape index (κ1) is 14.5. The van der Waals surface area contributed by atoms with Gasteiger partial charge < -0.3 is 18.9 Å². The number of hydrogen-bond acceptors (Lipinski definition) is 5. The Labute approximate surface area is 133 Å². The van der Waals surface area contributed by atoms with E-state index >= 15 is 0 Å². The first-order chi connectivity index (χ1) is 10.4. The molecular formula is C16H17ClO5. The summed E-state index contributed by atoms with van der Waals surface area (Å²) in [5, 5.41) is 0.610. The normalized spacial score (nSPS) is 35.9. The maximum Gasteiger partial charge on any atom is 0.310 e. The number of carbonyl (C=O) groups excluding carboxylic acids is 1. The molecule has 2 fully saturated rings. The van der Waals surface area contributed by atoms with E-state index in [0.717, 1.165) is 11.1 Å². The van der Waals surface area contributed by atoms with Gasteiger partial charge in [-0.1, -0.05) is 17.7 Å². The highest BCUT2D eigenvalue weighted by atomic mass is 35.5. The molecule has 3 aliphatic heterocycles. The summed E-state index contributed by atoms with van der Waals surface area (Å²) in [7, 11) is 0. The molecule has 0 aliphatic carbocycles. The zero-order valence-electron chi connectivity index (χ0n) is 12.4. The van der Waals surface area contributed by atoms with Gasteiger partial charge >= 0.3 is 5.97 Å². The summed E-state index contributed by atoms with van der Waals surface area (Å²) in [6.45, 7) is 4.20. The molecule has 0 aromatic heterocycles. The van der Waals surface area contributed by atoms with Crippen LogP contribution in [-0.4, -0.2) is 36.7 Å². The van der Waals surface area contributed by atoms with Crippen LogP contribution in [0.3, 0.4) is 0 Å². The van der Waals surface area contributed by atoms with Gasteiger partial charge in [-0.2, -0.15) is 0 Å². The van der Waals surface area contributed by atoms with Gasteiger partial charge in [0.05, 0.1) is 13.0 Å². The van der Waals surface area contributed by atoms with E-state index in [4.69, 9.17) is 30.5 Å². The predicted octanol–water partition coefficient (Wildman–Crippen LogP) is 2.40. The third-order valence-corrected chi connectivity index (χ3v) is 4.54. The Balaban J connectivity index is 1.67. The molecule has 4 rings (SSSR count). The average Bonchev–Trinajstić information content (AvgIpc) is 2.92. The Hall–Kier alpha value is -1.14. The Morgan fingerprint density at radius 2 is 2.05 bits per heavy atom. The minimum Gasteiger partial charge on any atom is -0.454 e. The number of benzene rings is 1. The van der Waals surface area contributed by atoms with Crippen LogP contribution in [0, 0.1) is 0 Å². The number of halogens is 1. The number of hydrogen-bond donors (Lipinski definition) is 0. The summed E-state index contributed by atoms with van der Waals surface area (Å²) >= 11 is 6.03. The molecule has 1 aromatic rings. The van der Waals surface area contributed by atoms with Crippen molar-refractivity contribution in [2.45, 2.75) is 50.5 Å². The zero-order valence-corrected chi connectivity index (χ0v) is 13.1. The molecule has 0 N–H and O–H groups in total. The SMILES string of the molecule is CC1(C)OC2COC(C3OC(=O)Cc4cc(Cl)ccc43)C2O1. The van der Waals surface area contributed by atoms with E-state index in [2.05, 4.69) is 0 Å². The number of rotatable bonds is 1. The largest absolute Gasteiger partial charge is 0.454 e. The molecule has 5 nitrogen and oxygen atoms in total. The van der Waals surface area contributed by atoms with Crippen molar-refractivity contribution in [2.75, 3.05) is 6.61 Å². The van der Waals surface area contributed by atoms with Crippen LogP contribution in [0.2, 0.25) is 5.02 Å². The van der Waals surface area contributed by atoms with Crippen molar-refractivity contribution in [1.29, 1.82) is 0 Å². The van der Waals surface area contributed by atoms with Gasteiger partial charge in [0.15, 0.2) is 11.9 Å². The minimum atomic E-state index is -0.640. The maximum atomic E-state index is 11.9. The van der Waals surface area contributed by atoms with Gasteiger partial charge in [-0.05, 0) is 37.1 Å². The summed E-state index contributed by atoms with van der Waals surface area (Å²) in [6.07, 6.45) is -0.987. The van der Waals surface area contributed by atoms with Crippen molar-refractivity contribution >= 4 is 17.6 Å². The van der Waals surface area contributed by atoms with Crippen LogP contribution >= 0.6 is 11.6 Å². The van der Waals surface area contributed by atoms with E-state index < -0.39 is 11.9 Å². The van der Waals surface area contributed by atoms with Gasteiger partial charge in [-0.15, -0.1) is 0 Å². The molecule has 0 bridgehead atoms. The van der Waals surface area contributed by atoms with Crippen LogP contribution in [-0.2, 0) is 30.2 Å². The first-order valence-corrected chi connectivity index (χ1v) is 7.76. The molecule has 0 radical (unpaired) electrons. The van der Waals surface area contributed by atoms with Gasteiger partial charge in [0.25, 0.3) is 0 Å². The van der Waals surface area contributed by atoms with Crippen molar-refractivity contribution in [3.8, 4) is 0 Å². The van der Waals surface area contributed by atoms with Crippen LogP contribution < -0.4 is 0 Å². The number of esters is 1. The van der Waals surface area contributed by atoms with Gasteiger partial charge in [-0.25, -0.2) is 0 Å². The monoisotopic (exact) mass is 324 g/mol. The summed E-state index contributed by atoms with van der Waals surface area (Å²) in [5.74, 6) is -0.913. The third kappa shape index (κ3) is 2.33. The summed E-state index contributed by atoms with van der Waals surface area (Å²) in [6, 6.07) is 5.51. The zero-order chi connectivity index (χ0) is 15.5. The summed E-state index contributed by atoms with van der Waals surface area (Å²) < 4.78 is 23.2. The second-order valence-electron chi connectivity index (χ2n) is 6.37. The van der Waals surface area contributed by atoms with Gasteiger partial charge in [0.2, 0.25) is 0 Å². The molecule has 6 heteroatoms. The van der Waals surface area contributed by atoms with Crippen molar-refractivity contribution in [1.82, 2.24) is 0 Å². The van der Waals surface area contributed by atoms with E-state index in [0.29, 0.717) is 11.6 Å². The topological polar surface area (TPSA) is 54.0 Å². The lowest BCUT2D eigenvalue weighted by atomic mass is 9.92. The van der Waals surface area contributed by atoms with Crippen molar-refractivity contribution in [3.63, 3.8) is 0 Å². The molecule has 22 heavy (non-hydrogen) atoms. The van der Waals surface area contributed by atoms with E-state index in [9.17, 15) is 4.79 Å². The Kier molecular flexibility index (Phi) is 3.24. The number of fused-ring (bicyclic) bond motifs is 2. The van der Waals surface area contributed by atoms with E-state index in [1.807, 2.05) is 26.0 Å². The minimum absolute atomic E-state index is 0.128. The number of cyclic esters (lactones) is 1. The molecule has 4 atom stereocenters. The highest BCUT2D eigenvalue weighted by Crippen LogP contribution is 2.43. The number of ether oxygens (including phenoxy) is 4. The molecule has 2 saturated heterocycles. The van der Waals surface area contributed by atoms with Crippen LogP contribution in [0.5, 0.6) is 0 Å². The molecule has 118 valence electrons.